The quantitative estimate of drug-likeness (QED) is 0.787. The Labute approximate surface area is 150 Å². The van der Waals surface area contributed by atoms with Gasteiger partial charge in [0.25, 0.3) is 0 Å². The summed E-state index contributed by atoms with van der Waals surface area (Å²) in [7, 11) is 0. The molecule has 2 N–H and O–H groups in total. The number of carbonyl (C=O) groups excluding carboxylic acids is 1. The topological polar surface area (TPSA) is 59.6 Å². The first kappa shape index (κ1) is 20.7. The molecule has 1 aromatic carbocycles. The lowest BCUT2D eigenvalue weighted by molar-refractivity contribution is -0.126. The summed E-state index contributed by atoms with van der Waals surface area (Å²) in [6, 6.07) is 8.09. The predicted molar refractivity (Wildman–Crippen MR) is 98.0 cm³/mol. The maximum atomic E-state index is 12.1. The molecule has 24 heavy (non-hydrogen) atoms. The van der Waals surface area contributed by atoms with Crippen LogP contribution < -0.4 is 15.4 Å². The second-order valence-corrected chi connectivity index (χ2v) is 6.34. The summed E-state index contributed by atoms with van der Waals surface area (Å²) in [4.78, 5) is 12.1. The van der Waals surface area contributed by atoms with Crippen LogP contribution in [-0.4, -0.2) is 43.9 Å². The van der Waals surface area contributed by atoms with Crippen molar-refractivity contribution in [3.63, 3.8) is 0 Å². The van der Waals surface area contributed by atoms with E-state index in [0.717, 1.165) is 25.1 Å². The summed E-state index contributed by atoms with van der Waals surface area (Å²) in [5.74, 6) is 0.923. The molecule has 136 valence electrons. The van der Waals surface area contributed by atoms with E-state index in [1.54, 1.807) is 0 Å². The molecular formula is C18H29ClN2O3. The van der Waals surface area contributed by atoms with Crippen molar-refractivity contribution in [2.45, 2.75) is 51.8 Å². The summed E-state index contributed by atoms with van der Waals surface area (Å²) in [6.45, 7) is 7.94. The Hall–Kier alpha value is -1.30. The number of hydrogen-bond acceptors (Lipinski definition) is 4. The lowest BCUT2D eigenvalue weighted by Gasteiger charge is -2.24. The van der Waals surface area contributed by atoms with E-state index < -0.39 is 0 Å². The second kappa shape index (κ2) is 10.5. The van der Waals surface area contributed by atoms with Crippen LogP contribution in [0.25, 0.3) is 0 Å². The molecule has 1 saturated heterocycles. The molecule has 0 bridgehead atoms. The molecular weight excluding hydrogens is 328 g/mol. The van der Waals surface area contributed by atoms with Crippen molar-refractivity contribution in [1.82, 2.24) is 10.6 Å². The molecule has 0 aliphatic carbocycles. The Morgan fingerprint density at radius 2 is 2.04 bits per heavy atom. The molecule has 0 aromatic heterocycles. The Kier molecular flexibility index (Phi) is 9.11. The molecule has 2 rings (SSSR count). The summed E-state index contributed by atoms with van der Waals surface area (Å²) in [5, 5.41) is 6.22. The van der Waals surface area contributed by atoms with E-state index in [1.807, 2.05) is 32.9 Å². The van der Waals surface area contributed by atoms with Gasteiger partial charge in [-0.25, -0.2) is 0 Å². The van der Waals surface area contributed by atoms with Crippen LogP contribution in [0, 0.1) is 0 Å². The molecule has 0 radical (unpaired) electrons. The number of nitrogens with one attached hydrogen (secondary N) is 2. The van der Waals surface area contributed by atoms with Gasteiger partial charge in [-0.05, 0) is 51.3 Å². The zero-order chi connectivity index (χ0) is 16.7. The van der Waals surface area contributed by atoms with Crippen LogP contribution in [0.15, 0.2) is 24.3 Å². The molecule has 0 saturated carbocycles. The second-order valence-electron chi connectivity index (χ2n) is 6.34. The van der Waals surface area contributed by atoms with E-state index in [0.29, 0.717) is 13.2 Å². The molecule has 1 fully saturated rings. The molecule has 2 unspecified atom stereocenters. The third kappa shape index (κ3) is 7.07. The third-order valence-corrected chi connectivity index (χ3v) is 3.79. The number of aryl methyl sites for hydroxylation is 1. The van der Waals surface area contributed by atoms with Crippen LogP contribution >= 0.6 is 12.4 Å². The number of carbonyl (C=O) groups is 1. The first-order valence-corrected chi connectivity index (χ1v) is 8.41. The van der Waals surface area contributed by atoms with Crippen molar-refractivity contribution in [1.29, 1.82) is 0 Å². The van der Waals surface area contributed by atoms with Gasteiger partial charge in [-0.1, -0.05) is 12.1 Å². The van der Waals surface area contributed by atoms with E-state index in [4.69, 9.17) is 9.47 Å². The highest BCUT2D eigenvalue weighted by molar-refractivity contribution is 5.85. The smallest absolute Gasteiger partial charge is 0.239 e. The zero-order valence-electron chi connectivity index (χ0n) is 14.7. The van der Waals surface area contributed by atoms with Crippen molar-refractivity contribution in [2.24, 2.45) is 0 Å². The van der Waals surface area contributed by atoms with Gasteiger partial charge in [-0.3, -0.25) is 4.79 Å². The highest BCUT2D eigenvalue weighted by atomic mass is 35.5. The average molecular weight is 357 g/mol. The fourth-order valence-electron chi connectivity index (χ4n) is 2.54. The van der Waals surface area contributed by atoms with Gasteiger partial charge in [0.1, 0.15) is 11.8 Å². The van der Waals surface area contributed by atoms with Crippen molar-refractivity contribution >= 4 is 18.3 Å². The van der Waals surface area contributed by atoms with Gasteiger partial charge in [-0.2, -0.15) is 0 Å². The molecule has 1 amide bonds. The zero-order valence-corrected chi connectivity index (χ0v) is 15.5. The van der Waals surface area contributed by atoms with Gasteiger partial charge < -0.3 is 20.1 Å². The molecule has 5 nitrogen and oxygen atoms in total. The van der Waals surface area contributed by atoms with Crippen LogP contribution in [-0.2, 0) is 16.0 Å². The summed E-state index contributed by atoms with van der Waals surface area (Å²) < 4.78 is 11.0. The van der Waals surface area contributed by atoms with E-state index in [9.17, 15) is 4.79 Å². The maximum absolute atomic E-state index is 12.1. The van der Waals surface area contributed by atoms with Crippen molar-refractivity contribution in [3.05, 3.63) is 29.8 Å². The van der Waals surface area contributed by atoms with E-state index in [1.165, 1.54) is 5.56 Å². The number of morpholine rings is 1. The minimum Gasteiger partial charge on any atom is -0.491 e. The summed E-state index contributed by atoms with van der Waals surface area (Å²) >= 11 is 0. The first-order valence-electron chi connectivity index (χ1n) is 8.41. The van der Waals surface area contributed by atoms with Crippen LogP contribution in [0.1, 0.15) is 32.8 Å². The molecule has 1 heterocycles. The minimum absolute atomic E-state index is 0. The van der Waals surface area contributed by atoms with Crippen LogP contribution in [0.3, 0.4) is 0 Å². The van der Waals surface area contributed by atoms with Crippen LogP contribution in [0.2, 0.25) is 0 Å². The van der Waals surface area contributed by atoms with Crippen molar-refractivity contribution in [3.8, 4) is 5.75 Å². The van der Waals surface area contributed by atoms with Crippen LogP contribution in [0.4, 0.5) is 0 Å². The van der Waals surface area contributed by atoms with Gasteiger partial charge in [0.05, 0.1) is 19.3 Å². The van der Waals surface area contributed by atoms with Gasteiger partial charge in [0.2, 0.25) is 5.91 Å². The van der Waals surface area contributed by atoms with Crippen molar-refractivity contribution < 1.29 is 14.3 Å². The normalized spacial score (nSPS) is 18.6. The fraction of sp³-hybridized carbons (Fsp3) is 0.611. The number of benzene rings is 1. The third-order valence-electron chi connectivity index (χ3n) is 3.79. The predicted octanol–water partition coefficient (Wildman–Crippen LogP) is 2.32. The van der Waals surface area contributed by atoms with E-state index in [2.05, 4.69) is 22.8 Å². The fourth-order valence-corrected chi connectivity index (χ4v) is 2.54. The maximum Gasteiger partial charge on any atom is 0.239 e. The Balaban J connectivity index is 0.00000288. The molecule has 2 atom stereocenters. The number of ether oxygens (including phenoxy) is 2. The number of halogens is 1. The monoisotopic (exact) mass is 356 g/mol. The molecule has 6 heteroatoms. The van der Waals surface area contributed by atoms with Gasteiger partial charge >= 0.3 is 0 Å². The molecule has 1 aromatic rings. The minimum atomic E-state index is -0.223. The van der Waals surface area contributed by atoms with Gasteiger partial charge in [0.15, 0.2) is 0 Å². The molecule has 1 aliphatic rings. The van der Waals surface area contributed by atoms with Crippen molar-refractivity contribution in [2.75, 3.05) is 19.8 Å². The number of amides is 1. The summed E-state index contributed by atoms with van der Waals surface area (Å²) in [6.07, 6.45) is 2.02. The number of hydrogen-bond donors (Lipinski definition) is 2. The molecule has 1 aliphatic heterocycles. The first-order chi connectivity index (χ1) is 11.0. The SMILES string of the molecule is CC(CCc1ccc(OC(C)C)cc1)NC(=O)C1COCCN1.Cl. The Morgan fingerprint density at radius 3 is 2.62 bits per heavy atom. The Morgan fingerprint density at radius 1 is 1.33 bits per heavy atom. The standard InChI is InChI=1S/C18H28N2O3.ClH/c1-13(2)23-16-8-6-15(7-9-16)5-4-14(3)20-18(21)17-12-22-11-10-19-17;/h6-9,13-14,17,19H,4-5,10-12H2,1-3H3,(H,20,21);1H. The highest BCUT2D eigenvalue weighted by Crippen LogP contribution is 2.15. The largest absolute Gasteiger partial charge is 0.491 e. The Bertz CT molecular complexity index is 488. The highest BCUT2D eigenvalue weighted by Gasteiger charge is 2.22. The van der Waals surface area contributed by atoms with Crippen LogP contribution in [0.5, 0.6) is 5.75 Å². The number of rotatable bonds is 7. The lowest BCUT2D eigenvalue weighted by atomic mass is 10.1. The van der Waals surface area contributed by atoms with Gasteiger partial charge in [0, 0.05) is 12.6 Å². The molecule has 0 spiro atoms. The van der Waals surface area contributed by atoms with E-state index in [-0.39, 0.29) is 36.5 Å². The van der Waals surface area contributed by atoms with E-state index >= 15 is 0 Å². The lowest BCUT2D eigenvalue weighted by Crippen LogP contribution is -2.52. The average Bonchev–Trinajstić information content (AvgIpc) is 2.54. The van der Waals surface area contributed by atoms with Gasteiger partial charge in [-0.15, -0.1) is 12.4 Å². The summed E-state index contributed by atoms with van der Waals surface area (Å²) in [5.41, 5.74) is 1.25.